The number of ether oxygens (including phenoxy) is 1. The highest BCUT2D eigenvalue weighted by Gasteiger charge is 2.28. The molecule has 102 valence electrons. The van der Waals surface area contributed by atoms with Crippen LogP contribution in [-0.2, 0) is 0 Å². The average molecular weight is 269 g/mol. The average Bonchev–Trinajstić information content (AvgIpc) is 2.37. The van der Waals surface area contributed by atoms with Crippen LogP contribution in [0.2, 0.25) is 0 Å². The molecule has 7 heteroatoms. The summed E-state index contributed by atoms with van der Waals surface area (Å²) in [6.07, 6.45) is -0.129. The van der Waals surface area contributed by atoms with Crippen LogP contribution >= 0.6 is 0 Å². The lowest BCUT2D eigenvalue weighted by Gasteiger charge is -2.18. The van der Waals surface area contributed by atoms with Crippen molar-refractivity contribution in [1.29, 1.82) is 0 Å². The van der Waals surface area contributed by atoms with E-state index < -0.39 is 40.9 Å². The Morgan fingerprint density at radius 3 is 1.78 bits per heavy atom. The highest BCUT2D eigenvalue weighted by atomic mass is 19.2. The van der Waals surface area contributed by atoms with Crippen molar-refractivity contribution in [1.82, 2.24) is 0 Å². The Hall–Kier alpha value is -1.37. The van der Waals surface area contributed by atoms with Gasteiger partial charge in [-0.3, -0.25) is 0 Å². The lowest BCUT2D eigenvalue weighted by atomic mass is 10.2. The second kappa shape index (κ2) is 5.99. The number of nitrogens with two attached hydrogens (primary N) is 1. The standard InChI is InChI=1S/C11H12F5NO/c1-2-5(3-4-17)18-11-9(15)7(13)6(12)8(14)10(11)16/h5H,2-4,17H2,1H3. The maximum Gasteiger partial charge on any atom is 0.207 e. The Balaban J connectivity index is 3.16. The minimum atomic E-state index is -2.20. The largest absolute Gasteiger partial charge is 0.484 e. The van der Waals surface area contributed by atoms with Crippen molar-refractivity contribution in [3.63, 3.8) is 0 Å². The predicted octanol–water partition coefficient (Wildman–Crippen LogP) is 2.89. The summed E-state index contributed by atoms with van der Waals surface area (Å²) in [4.78, 5) is 0. The normalized spacial score (nSPS) is 12.6. The molecule has 0 aromatic heterocycles. The molecule has 1 unspecified atom stereocenters. The van der Waals surface area contributed by atoms with E-state index in [9.17, 15) is 22.0 Å². The molecule has 0 amide bonds. The van der Waals surface area contributed by atoms with Crippen molar-refractivity contribution in [2.75, 3.05) is 6.54 Å². The van der Waals surface area contributed by atoms with Crippen LogP contribution in [0.25, 0.3) is 0 Å². The van der Waals surface area contributed by atoms with Gasteiger partial charge in [0, 0.05) is 0 Å². The van der Waals surface area contributed by atoms with Gasteiger partial charge in [0.1, 0.15) is 0 Å². The predicted molar refractivity (Wildman–Crippen MR) is 54.6 cm³/mol. The second-order valence-electron chi connectivity index (χ2n) is 3.62. The third-order valence-corrected chi connectivity index (χ3v) is 2.40. The Morgan fingerprint density at radius 2 is 1.39 bits per heavy atom. The first kappa shape index (κ1) is 14.7. The van der Waals surface area contributed by atoms with Gasteiger partial charge in [-0.05, 0) is 19.4 Å². The summed E-state index contributed by atoms with van der Waals surface area (Å²) in [6.45, 7) is 1.82. The van der Waals surface area contributed by atoms with E-state index in [-0.39, 0.29) is 13.0 Å². The molecule has 1 aromatic rings. The van der Waals surface area contributed by atoms with Crippen molar-refractivity contribution in [3.8, 4) is 5.75 Å². The quantitative estimate of drug-likeness (QED) is 0.507. The molecule has 0 radical (unpaired) electrons. The minimum Gasteiger partial charge on any atom is -0.484 e. The lowest BCUT2D eigenvalue weighted by molar-refractivity contribution is 0.166. The van der Waals surface area contributed by atoms with Crippen LogP contribution in [0.3, 0.4) is 0 Å². The molecule has 1 atom stereocenters. The number of hydrogen-bond donors (Lipinski definition) is 1. The van der Waals surface area contributed by atoms with Crippen molar-refractivity contribution in [2.45, 2.75) is 25.9 Å². The molecule has 0 saturated carbocycles. The van der Waals surface area contributed by atoms with Gasteiger partial charge in [-0.25, -0.2) is 13.2 Å². The van der Waals surface area contributed by atoms with E-state index in [0.717, 1.165) is 0 Å². The van der Waals surface area contributed by atoms with E-state index in [1.165, 1.54) is 0 Å². The molecule has 0 bridgehead atoms. The third-order valence-electron chi connectivity index (χ3n) is 2.40. The highest BCUT2D eigenvalue weighted by Crippen LogP contribution is 2.30. The summed E-state index contributed by atoms with van der Waals surface area (Å²) < 4.78 is 69.8. The molecular formula is C11H12F5NO. The van der Waals surface area contributed by atoms with E-state index in [1.807, 2.05) is 0 Å². The Morgan fingerprint density at radius 1 is 0.944 bits per heavy atom. The molecule has 1 rings (SSSR count). The summed E-state index contributed by atoms with van der Waals surface area (Å²) in [7, 11) is 0. The van der Waals surface area contributed by atoms with Crippen molar-refractivity contribution in [2.24, 2.45) is 5.73 Å². The number of halogens is 5. The van der Waals surface area contributed by atoms with Crippen LogP contribution in [0.4, 0.5) is 22.0 Å². The van der Waals surface area contributed by atoms with Gasteiger partial charge in [-0.2, -0.15) is 8.78 Å². The SMILES string of the molecule is CCC(CCN)Oc1c(F)c(F)c(F)c(F)c1F. The van der Waals surface area contributed by atoms with Crippen molar-refractivity contribution < 1.29 is 26.7 Å². The van der Waals surface area contributed by atoms with E-state index in [4.69, 9.17) is 10.5 Å². The molecule has 2 N–H and O–H groups in total. The van der Waals surface area contributed by atoms with Crippen LogP contribution in [-0.4, -0.2) is 12.6 Å². The maximum absolute atomic E-state index is 13.3. The number of benzene rings is 1. The molecule has 1 aromatic carbocycles. The van der Waals surface area contributed by atoms with Crippen LogP contribution < -0.4 is 10.5 Å². The smallest absolute Gasteiger partial charge is 0.207 e. The zero-order chi connectivity index (χ0) is 13.9. The van der Waals surface area contributed by atoms with Gasteiger partial charge in [-0.15, -0.1) is 0 Å². The van der Waals surface area contributed by atoms with E-state index in [0.29, 0.717) is 6.42 Å². The fraction of sp³-hybridized carbons (Fsp3) is 0.455. The number of rotatable bonds is 5. The molecule has 0 saturated heterocycles. The molecule has 2 nitrogen and oxygen atoms in total. The monoisotopic (exact) mass is 269 g/mol. The van der Waals surface area contributed by atoms with Gasteiger partial charge < -0.3 is 10.5 Å². The van der Waals surface area contributed by atoms with E-state index in [1.54, 1.807) is 6.92 Å². The lowest BCUT2D eigenvalue weighted by Crippen LogP contribution is -2.21. The third kappa shape index (κ3) is 2.72. The van der Waals surface area contributed by atoms with Gasteiger partial charge in [0.2, 0.25) is 29.1 Å². The van der Waals surface area contributed by atoms with Crippen molar-refractivity contribution >= 4 is 0 Å². The molecule has 0 aliphatic rings. The topological polar surface area (TPSA) is 35.2 Å². The van der Waals surface area contributed by atoms with Crippen LogP contribution in [0.1, 0.15) is 19.8 Å². The minimum absolute atomic E-state index is 0.175. The summed E-state index contributed by atoms with van der Waals surface area (Å²) >= 11 is 0. The van der Waals surface area contributed by atoms with E-state index >= 15 is 0 Å². The van der Waals surface area contributed by atoms with Gasteiger partial charge in [0.15, 0.2) is 5.75 Å². The fourth-order valence-electron chi connectivity index (χ4n) is 1.39. The van der Waals surface area contributed by atoms with Crippen molar-refractivity contribution in [3.05, 3.63) is 29.1 Å². The van der Waals surface area contributed by atoms with Crippen LogP contribution in [0, 0.1) is 29.1 Å². The van der Waals surface area contributed by atoms with Gasteiger partial charge >= 0.3 is 0 Å². The summed E-state index contributed by atoms with van der Waals surface area (Å²) in [6, 6.07) is 0. The molecule has 0 spiro atoms. The Kier molecular flexibility index (Phi) is 4.89. The zero-order valence-electron chi connectivity index (χ0n) is 9.57. The molecule has 18 heavy (non-hydrogen) atoms. The Bertz CT molecular complexity index is 409. The molecular weight excluding hydrogens is 257 g/mol. The Labute approximate surface area is 101 Å². The summed E-state index contributed by atoms with van der Waals surface area (Å²) in [5, 5.41) is 0. The molecule has 0 aliphatic heterocycles. The van der Waals surface area contributed by atoms with Gasteiger partial charge in [0.25, 0.3) is 0 Å². The molecule has 0 fully saturated rings. The zero-order valence-corrected chi connectivity index (χ0v) is 9.57. The summed E-state index contributed by atoms with van der Waals surface area (Å²) in [5.41, 5.74) is 5.24. The number of hydrogen-bond acceptors (Lipinski definition) is 2. The first-order chi connectivity index (χ1) is 8.43. The van der Waals surface area contributed by atoms with Gasteiger partial charge in [-0.1, -0.05) is 6.92 Å². The van der Waals surface area contributed by atoms with Gasteiger partial charge in [0.05, 0.1) is 6.10 Å². The molecule has 0 aliphatic carbocycles. The van der Waals surface area contributed by atoms with Crippen LogP contribution in [0.5, 0.6) is 5.75 Å². The van der Waals surface area contributed by atoms with Crippen LogP contribution in [0.15, 0.2) is 0 Å². The highest BCUT2D eigenvalue weighted by molar-refractivity contribution is 5.30. The first-order valence-electron chi connectivity index (χ1n) is 5.32. The second-order valence-corrected chi connectivity index (χ2v) is 3.62. The maximum atomic E-state index is 13.3. The summed E-state index contributed by atoms with van der Waals surface area (Å²) in [5.74, 6) is -11.4. The van der Waals surface area contributed by atoms with E-state index in [2.05, 4.69) is 0 Å². The fourth-order valence-corrected chi connectivity index (χ4v) is 1.39. The first-order valence-corrected chi connectivity index (χ1v) is 5.32. The molecule has 0 heterocycles.